The molecule has 0 spiro atoms. The minimum Gasteiger partial charge on any atom is -0.366 e. The molecule has 3 aliphatic rings. The summed E-state index contributed by atoms with van der Waals surface area (Å²) >= 11 is 1.97. The maximum absolute atomic E-state index is 12.8. The van der Waals surface area contributed by atoms with Crippen molar-refractivity contribution < 1.29 is 9.59 Å². The fraction of sp³-hybridized carbons (Fsp3) is 0.650. The van der Waals surface area contributed by atoms with Crippen LogP contribution < -0.4 is 5.32 Å². The van der Waals surface area contributed by atoms with Gasteiger partial charge in [-0.25, -0.2) is 4.98 Å². The zero-order valence-corrected chi connectivity index (χ0v) is 16.5. The normalized spacial score (nSPS) is 23.9. The van der Waals surface area contributed by atoms with Crippen LogP contribution in [0.1, 0.15) is 42.5 Å². The van der Waals surface area contributed by atoms with E-state index in [9.17, 15) is 9.59 Å². The molecule has 1 aromatic rings. The summed E-state index contributed by atoms with van der Waals surface area (Å²) in [5, 5.41) is 3.44. The van der Waals surface area contributed by atoms with Crippen molar-refractivity contribution in [3.8, 4) is 0 Å². The van der Waals surface area contributed by atoms with Crippen molar-refractivity contribution in [1.82, 2.24) is 14.8 Å². The van der Waals surface area contributed by atoms with Crippen LogP contribution in [0, 0.1) is 5.92 Å². The van der Waals surface area contributed by atoms with Gasteiger partial charge in [0, 0.05) is 50.6 Å². The number of likely N-dealkylation sites (tertiary alicyclic amines) is 2. The average molecular weight is 389 g/mol. The minimum atomic E-state index is 0.0705. The highest BCUT2D eigenvalue weighted by Crippen LogP contribution is 2.23. The average Bonchev–Trinajstić information content (AvgIpc) is 3.35. The van der Waals surface area contributed by atoms with Gasteiger partial charge in [-0.05, 0) is 49.5 Å². The molecule has 0 aromatic carbocycles. The SMILES string of the molecule is O=C1CCCN1CC1CCN(C(=O)c2ccc(NC3CCSC3)nc2)CC1. The number of piperidine rings is 1. The summed E-state index contributed by atoms with van der Waals surface area (Å²) in [6.07, 6.45) is 6.51. The van der Waals surface area contributed by atoms with Gasteiger partial charge in [-0.3, -0.25) is 9.59 Å². The van der Waals surface area contributed by atoms with Crippen LogP contribution in [-0.4, -0.2) is 70.3 Å². The highest BCUT2D eigenvalue weighted by atomic mass is 32.2. The number of hydrogen-bond acceptors (Lipinski definition) is 5. The van der Waals surface area contributed by atoms with Crippen molar-refractivity contribution in [1.29, 1.82) is 0 Å². The Bertz CT molecular complexity index is 667. The second-order valence-electron chi connectivity index (χ2n) is 7.82. The number of carbonyl (C=O) groups excluding carboxylic acids is 2. The van der Waals surface area contributed by atoms with Gasteiger partial charge in [-0.15, -0.1) is 0 Å². The predicted molar refractivity (Wildman–Crippen MR) is 108 cm³/mol. The largest absolute Gasteiger partial charge is 0.366 e. The van der Waals surface area contributed by atoms with Crippen molar-refractivity contribution in [3.05, 3.63) is 23.9 Å². The molecule has 6 nitrogen and oxygen atoms in total. The Morgan fingerprint density at radius 2 is 2.07 bits per heavy atom. The van der Waals surface area contributed by atoms with Crippen molar-refractivity contribution in [2.24, 2.45) is 5.92 Å². The molecule has 2 amide bonds. The molecule has 1 aromatic heterocycles. The first-order valence-corrected chi connectivity index (χ1v) is 11.2. The van der Waals surface area contributed by atoms with Gasteiger partial charge in [0.25, 0.3) is 5.91 Å². The second kappa shape index (κ2) is 8.50. The van der Waals surface area contributed by atoms with Gasteiger partial charge in [-0.2, -0.15) is 11.8 Å². The van der Waals surface area contributed by atoms with E-state index in [1.165, 1.54) is 12.2 Å². The highest BCUT2D eigenvalue weighted by molar-refractivity contribution is 7.99. The third-order valence-electron chi connectivity index (χ3n) is 5.84. The van der Waals surface area contributed by atoms with Gasteiger partial charge < -0.3 is 15.1 Å². The Kier molecular flexibility index (Phi) is 5.86. The molecule has 1 N–H and O–H groups in total. The van der Waals surface area contributed by atoms with Crippen molar-refractivity contribution in [2.45, 2.75) is 38.1 Å². The number of aromatic nitrogens is 1. The summed E-state index contributed by atoms with van der Waals surface area (Å²) in [6, 6.07) is 4.29. The third kappa shape index (κ3) is 4.57. The molecular weight excluding hydrogens is 360 g/mol. The molecule has 0 bridgehead atoms. The monoisotopic (exact) mass is 388 g/mol. The van der Waals surface area contributed by atoms with E-state index in [1.54, 1.807) is 6.20 Å². The number of rotatable bonds is 5. The van der Waals surface area contributed by atoms with Crippen LogP contribution in [0.4, 0.5) is 5.82 Å². The van der Waals surface area contributed by atoms with E-state index in [0.29, 0.717) is 29.9 Å². The van der Waals surface area contributed by atoms with E-state index in [2.05, 4.69) is 10.3 Å². The standard InChI is InChI=1S/C20H28N4O2S/c25-19-2-1-8-24(19)13-15-5-9-23(10-6-15)20(26)16-3-4-18(21-12-16)22-17-7-11-27-14-17/h3-4,12,15,17H,1-2,5-11,13-14H2,(H,21,22). The van der Waals surface area contributed by atoms with Gasteiger partial charge in [0.15, 0.2) is 0 Å². The highest BCUT2D eigenvalue weighted by Gasteiger charge is 2.28. The van der Waals surface area contributed by atoms with E-state index in [1.807, 2.05) is 33.7 Å². The predicted octanol–water partition coefficient (Wildman–Crippen LogP) is 2.47. The van der Waals surface area contributed by atoms with Crippen LogP contribution in [0.3, 0.4) is 0 Å². The number of amides is 2. The minimum absolute atomic E-state index is 0.0705. The van der Waals surface area contributed by atoms with E-state index in [-0.39, 0.29) is 5.91 Å². The quantitative estimate of drug-likeness (QED) is 0.839. The Morgan fingerprint density at radius 3 is 2.70 bits per heavy atom. The Labute approximate surface area is 165 Å². The fourth-order valence-corrected chi connectivity index (χ4v) is 5.33. The van der Waals surface area contributed by atoms with E-state index >= 15 is 0 Å². The smallest absolute Gasteiger partial charge is 0.255 e. The van der Waals surface area contributed by atoms with Crippen LogP contribution >= 0.6 is 11.8 Å². The van der Waals surface area contributed by atoms with Crippen molar-refractivity contribution in [3.63, 3.8) is 0 Å². The molecule has 4 heterocycles. The fourth-order valence-electron chi connectivity index (χ4n) is 4.17. The Hall–Kier alpha value is -1.76. The van der Waals surface area contributed by atoms with E-state index < -0.39 is 0 Å². The molecule has 1 unspecified atom stereocenters. The van der Waals surface area contributed by atoms with Gasteiger partial charge in [0.05, 0.1) is 5.56 Å². The molecule has 7 heteroatoms. The Balaban J connectivity index is 1.26. The molecule has 0 saturated carbocycles. The van der Waals surface area contributed by atoms with Crippen molar-refractivity contribution >= 4 is 29.4 Å². The lowest BCUT2D eigenvalue weighted by atomic mass is 9.96. The van der Waals surface area contributed by atoms with Crippen LogP contribution in [-0.2, 0) is 4.79 Å². The molecule has 0 aliphatic carbocycles. The summed E-state index contributed by atoms with van der Waals surface area (Å²) in [6.45, 7) is 3.31. The van der Waals surface area contributed by atoms with Crippen molar-refractivity contribution in [2.75, 3.05) is 43.0 Å². The summed E-state index contributed by atoms with van der Waals surface area (Å²) in [5.74, 6) is 4.07. The lowest BCUT2D eigenvalue weighted by Gasteiger charge is -2.34. The molecule has 0 radical (unpaired) electrons. The summed E-state index contributed by atoms with van der Waals surface area (Å²) in [7, 11) is 0. The molecule has 27 heavy (non-hydrogen) atoms. The first kappa shape index (κ1) is 18.6. The summed E-state index contributed by atoms with van der Waals surface area (Å²) in [4.78, 5) is 32.9. The molecule has 1 atom stereocenters. The van der Waals surface area contributed by atoms with Gasteiger partial charge >= 0.3 is 0 Å². The maximum Gasteiger partial charge on any atom is 0.255 e. The number of anilines is 1. The number of hydrogen-bond donors (Lipinski definition) is 1. The lowest BCUT2D eigenvalue weighted by molar-refractivity contribution is -0.128. The molecule has 4 rings (SSSR count). The number of carbonyl (C=O) groups is 2. The first-order chi connectivity index (χ1) is 13.2. The zero-order chi connectivity index (χ0) is 18.6. The zero-order valence-electron chi connectivity index (χ0n) is 15.7. The van der Waals surface area contributed by atoms with Gasteiger partial charge in [-0.1, -0.05) is 0 Å². The van der Waals surface area contributed by atoms with Crippen LogP contribution in [0.2, 0.25) is 0 Å². The topological polar surface area (TPSA) is 65.5 Å². The summed E-state index contributed by atoms with van der Waals surface area (Å²) in [5.41, 5.74) is 0.662. The van der Waals surface area contributed by atoms with Crippen LogP contribution in [0.25, 0.3) is 0 Å². The first-order valence-electron chi connectivity index (χ1n) is 10.1. The van der Waals surface area contributed by atoms with Crippen LogP contribution in [0.15, 0.2) is 18.3 Å². The van der Waals surface area contributed by atoms with Gasteiger partial charge in [0.1, 0.15) is 5.82 Å². The molecular formula is C20H28N4O2S. The number of nitrogens with one attached hydrogen (secondary N) is 1. The van der Waals surface area contributed by atoms with E-state index in [0.717, 1.165) is 57.0 Å². The second-order valence-corrected chi connectivity index (χ2v) is 8.97. The van der Waals surface area contributed by atoms with Crippen LogP contribution in [0.5, 0.6) is 0 Å². The molecule has 3 fully saturated rings. The molecule has 3 saturated heterocycles. The third-order valence-corrected chi connectivity index (χ3v) is 7.01. The number of pyridine rings is 1. The van der Waals surface area contributed by atoms with E-state index in [4.69, 9.17) is 0 Å². The van der Waals surface area contributed by atoms with Gasteiger partial charge in [0.2, 0.25) is 5.91 Å². The Morgan fingerprint density at radius 1 is 1.22 bits per heavy atom. The lowest BCUT2D eigenvalue weighted by Crippen LogP contribution is -2.41. The summed E-state index contributed by atoms with van der Waals surface area (Å²) < 4.78 is 0. The molecule has 146 valence electrons. The number of nitrogens with zero attached hydrogens (tertiary/aromatic N) is 3. The maximum atomic E-state index is 12.8. The number of thioether (sulfide) groups is 1. The molecule has 3 aliphatic heterocycles.